The van der Waals surface area contributed by atoms with Crippen LogP contribution in [0.3, 0.4) is 0 Å². The molecule has 0 radical (unpaired) electrons. The van der Waals surface area contributed by atoms with E-state index in [0.717, 1.165) is 22.0 Å². The summed E-state index contributed by atoms with van der Waals surface area (Å²) in [5.74, 6) is 1.37. The maximum atomic E-state index is 12.5. The largest absolute Gasteiger partial charge is 0.454 e. The van der Waals surface area contributed by atoms with Gasteiger partial charge in [-0.3, -0.25) is 4.79 Å². The Morgan fingerprint density at radius 2 is 1.96 bits per heavy atom. The second-order valence-electron chi connectivity index (χ2n) is 6.05. The number of rotatable bonds is 5. The second-order valence-corrected chi connectivity index (χ2v) is 6.89. The molecule has 1 aliphatic rings. The Labute approximate surface area is 156 Å². The maximum Gasteiger partial charge on any atom is 0.282 e. The van der Waals surface area contributed by atoms with Crippen molar-refractivity contribution in [3.8, 4) is 11.5 Å². The van der Waals surface area contributed by atoms with Gasteiger partial charge in [0.2, 0.25) is 6.79 Å². The summed E-state index contributed by atoms with van der Waals surface area (Å²) in [5, 5.41) is 3.82. The number of quaternary nitrogens is 1. The van der Waals surface area contributed by atoms with E-state index in [1.165, 1.54) is 0 Å². The highest BCUT2D eigenvalue weighted by atomic mass is 35.5. The van der Waals surface area contributed by atoms with Gasteiger partial charge in [0.25, 0.3) is 5.91 Å². The van der Waals surface area contributed by atoms with Crippen LogP contribution in [0.25, 0.3) is 0 Å². The van der Waals surface area contributed by atoms with Gasteiger partial charge in [0.15, 0.2) is 17.5 Å². The van der Waals surface area contributed by atoms with Gasteiger partial charge in [-0.15, -0.1) is 0 Å². The van der Waals surface area contributed by atoms with Gasteiger partial charge in [0.1, 0.15) is 6.54 Å². The van der Waals surface area contributed by atoms with Crippen LogP contribution in [0.4, 0.5) is 5.69 Å². The Bertz CT molecular complexity index is 798. The summed E-state index contributed by atoms with van der Waals surface area (Å²) in [7, 11) is 1.97. The van der Waals surface area contributed by atoms with Crippen molar-refractivity contribution in [1.82, 2.24) is 0 Å². The zero-order valence-electron chi connectivity index (χ0n) is 13.9. The highest BCUT2D eigenvalue weighted by molar-refractivity contribution is 6.35. The molecular weight excluding hydrogens is 363 g/mol. The van der Waals surface area contributed by atoms with Crippen LogP contribution in [0.5, 0.6) is 11.5 Å². The second kappa shape index (κ2) is 7.52. The van der Waals surface area contributed by atoms with Crippen molar-refractivity contribution < 1.29 is 19.2 Å². The Balaban J connectivity index is 1.64. The lowest BCUT2D eigenvalue weighted by Gasteiger charge is -2.21. The van der Waals surface area contributed by atoms with Crippen molar-refractivity contribution in [2.75, 3.05) is 19.2 Å². The molecule has 5 nitrogen and oxygen atoms in total. The third kappa shape index (κ3) is 4.18. The van der Waals surface area contributed by atoms with E-state index < -0.39 is 0 Å². The molecule has 1 heterocycles. The van der Waals surface area contributed by atoms with E-state index in [1.54, 1.807) is 18.2 Å². The normalized spacial score (nSPS) is 14.9. The van der Waals surface area contributed by atoms with Gasteiger partial charge in [-0.2, -0.15) is 0 Å². The Kier molecular flexibility index (Phi) is 5.37. The van der Waals surface area contributed by atoms with Gasteiger partial charge in [0, 0.05) is 10.6 Å². The number of benzene rings is 2. The maximum absolute atomic E-state index is 12.5. The summed E-state index contributed by atoms with van der Waals surface area (Å²) < 4.78 is 10.7. The fourth-order valence-corrected chi connectivity index (χ4v) is 2.92. The van der Waals surface area contributed by atoms with Crippen LogP contribution in [-0.2, 0) is 11.3 Å². The van der Waals surface area contributed by atoms with Gasteiger partial charge in [-0.25, -0.2) is 0 Å². The van der Waals surface area contributed by atoms with Crippen LogP contribution in [0.15, 0.2) is 36.4 Å². The summed E-state index contributed by atoms with van der Waals surface area (Å²) in [6.07, 6.45) is 0. The predicted octanol–water partition coefficient (Wildman–Crippen LogP) is 2.76. The molecule has 1 aliphatic heterocycles. The topological polar surface area (TPSA) is 52.0 Å². The molecule has 2 atom stereocenters. The summed E-state index contributed by atoms with van der Waals surface area (Å²) in [6, 6.07) is 10.5. The average Bonchev–Trinajstić information content (AvgIpc) is 3.05. The van der Waals surface area contributed by atoms with E-state index in [9.17, 15) is 4.79 Å². The molecule has 3 rings (SSSR count). The highest BCUT2D eigenvalue weighted by Gasteiger charge is 2.23. The standard InChI is InChI=1S/C18H18Cl2N2O3/c1-11(18(23)21-15-8-13(19)4-5-14(15)20)22(2)9-12-3-6-16-17(7-12)25-10-24-16/h3-8,11H,9-10H2,1-2H3,(H,21,23)/p+1/t11-/m1/s1. The predicted molar refractivity (Wildman–Crippen MR) is 97.7 cm³/mol. The lowest BCUT2D eigenvalue weighted by Crippen LogP contribution is -3.12. The molecule has 0 aromatic heterocycles. The minimum atomic E-state index is -0.277. The number of halogens is 2. The van der Waals surface area contributed by atoms with Crippen molar-refractivity contribution in [3.05, 3.63) is 52.0 Å². The molecule has 1 unspecified atom stereocenters. The number of fused-ring (bicyclic) bond motifs is 1. The molecule has 2 aromatic carbocycles. The zero-order valence-corrected chi connectivity index (χ0v) is 15.4. The summed E-state index contributed by atoms with van der Waals surface area (Å²) in [4.78, 5) is 13.6. The average molecular weight is 382 g/mol. The Morgan fingerprint density at radius 1 is 1.20 bits per heavy atom. The fourth-order valence-electron chi connectivity index (χ4n) is 2.58. The van der Waals surface area contributed by atoms with E-state index in [4.69, 9.17) is 32.7 Å². The van der Waals surface area contributed by atoms with Crippen molar-refractivity contribution >= 4 is 34.8 Å². The molecule has 132 valence electrons. The van der Waals surface area contributed by atoms with Crippen LogP contribution in [-0.4, -0.2) is 25.8 Å². The third-order valence-electron chi connectivity index (χ3n) is 4.24. The van der Waals surface area contributed by atoms with Crippen molar-refractivity contribution in [2.45, 2.75) is 19.5 Å². The summed E-state index contributed by atoms with van der Waals surface area (Å²) in [5.41, 5.74) is 1.59. The number of carbonyl (C=O) groups excluding carboxylic acids is 1. The minimum absolute atomic E-state index is 0.123. The first-order chi connectivity index (χ1) is 11.9. The van der Waals surface area contributed by atoms with Crippen molar-refractivity contribution in [1.29, 1.82) is 0 Å². The van der Waals surface area contributed by atoms with Gasteiger partial charge < -0.3 is 19.7 Å². The molecule has 1 amide bonds. The lowest BCUT2D eigenvalue weighted by atomic mass is 10.1. The smallest absolute Gasteiger partial charge is 0.282 e. The summed E-state index contributed by atoms with van der Waals surface area (Å²) >= 11 is 12.1. The molecule has 0 saturated heterocycles. The third-order valence-corrected chi connectivity index (χ3v) is 4.80. The zero-order chi connectivity index (χ0) is 18.0. The number of carbonyl (C=O) groups is 1. The van der Waals surface area contributed by atoms with Gasteiger partial charge in [0.05, 0.1) is 17.8 Å². The molecule has 0 fully saturated rings. The van der Waals surface area contributed by atoms with Crippen molar-refractivity contribution in [2.24, 2.45) is 0 Å². The molecule has 0 saturated carbocycles. The number of amides is 1. The van der Waals surface area contributed by atoms with Crippen LogP contribution in [0, 0.1) is 0 Å². The number of ether oxygens (including phenoxy) is 2. The Morgan fingerprint density at radius 3 is 2.76 bits per heavy atom. The quantitative estimate of drug-likeness (QED) is 0.836. The van der Waals surface area contributed by atoms with Crippen molar-refractivity contribution in [3.63, 3.8) is 0 Å². The van der Waals surface area contributed by atoms with E-state index in [-0.39, 0.29) is 18.7 Å². The van der Waals surface area contributed by atoms with Crippen LogP contribution in [0.1, 0.15) is 12.5 Å². The van der Waals surface area contributed by atoms with E-state index in [2.05, 4.69) is 5.32 Å². The lowest BCUT2D eigenvalue weighted by molar-refractivity contribution is -0.907. The first-order valence-electron chi connectivity index (χ1n) is 7.91. The Hall–Kier alpha value is -1.95. The van der Waals surface area contributed by atoms with Gasteiger partial charge in [-0.1, -0.05) is 23.2 Å². The van der Waals surface area contributed by atoms with Gasteiger partial charge in [-0.05, 0) is 43.3 Å². The van der Waals surface area contributed by atoms with E-state index in [0.29, 0.717) is 22.3 Å². The monoisotopic (exact) mass is 381 g/mol. The number of anilines is 1. The number of hydrogen-bond donors (Lipinski definition) is 2. The van der Waals surface area contributed by atoms with E-state index >= 15 is 0 Å². The SMILES string of the molecule is C[C@H](C(=O)Nc1cc(Cl)ccc1Cl)[NH+](C)Cc1ccc2c(c1)OCO2. The molecule has 0 bridgehead atoms. The first-order valence-corrected chi connectivity index (χ1v) is 8.66. The van der Waals surface area contributed by atoms with Crippen LogP contribution < -0.4 is 19.7 Å². The van der Waals surface area contributed by atoms with E-state index in [1.807, 2.05) is 32.2 Å². The molecule has 2 aromatic rings. The molecule has 0 spiro atoms. The number of likely N-dealkylation sites (N-methyl/N-ethyl adjacent to an activating group) is 1. The van der Waals surface area contributed by atoms with Gasteiger partial charge >= 0.3 is 0 Å². The molecule has 25 heavy (non-hydrogen) atoms. The molecule has 0 aliphatic carbocycles. The minimum Gasteiger partial charge on any atom is -0.454 e. The highest BCUT2D eigenvalue weighted by Crippen LogP contribution is 2.32. The fraction of sp³-hybridized carbons (Fsp3) is 0.278. The molecule has 2 N–H and O–H groups in total. The number of hydrogen-bond acceptors (Lipinski definition) is 3. The van der Waals surface area contributed by atoms with Crippen LogP contribution >= 0.6 is 23.2 Å². The number of nitrogens with one attached hydrogen (secondary N) is 2. The van der Waals surface area contributed by atoms with Crippen LogP contribution in [0.2, 0.25) is 10.0 Å². The summed E-state index contributed by atoms with van der Waals surface area (Å²) in [6.45, 7) is 2.80. The first kappa shape index (κ1) is 17.9. The molecular formula is C18H19Cl2N2O3+. The molecule has 7 heteroatoms.